The Hall–Kier alpha value is -0.570. The van der Waals surface area contributed by atoms with Crippen molar-refractivity contribution in [3.63, 3.8) is 0 Å². The summed E-state index contributed by atoms with van der Waals surface area (Å²) < 4.78 is 0. The molecule has 18 heavy (non-hydrogen) atoms. The molecule has 0 radical (unpaired) electrons. The summed E-state index contributed by atoms with van der Waals surface area (Å²) in [5.41, 5.74) is 2.59. The average molecular weight is 269 g/mol. The zero-order valence-electron chi connectivity index (χ0n) is 12.0. The highest BCUT2D eigenvalue weighted by molar-refractivity contribution is 6.30. The van der Waals surface area contributed by atoms with Crippen molar-refractivity contribution < 1.29 is 0 Å². The molecule has 3 heteroatoms. The number of benzene rings is 1. The van der Waals surface area contributed by atoms with Gasteiger partial charge in [-0.3, -0.25) is 0 Å². The number of hydrogen-bond acceptors (Lipinski definition) is 2. The van der Waals surface area contributed by atoms with E-state index in [2.05, 4.69) is 44.1 Å². The predicted octanol–water partition coefficient (Wildman–Crippen LogP) is 3.47. The van der Waals surface area contributed by atoms with Crippen LogP contribution in [0.15, 0.2) is 18.2 Å². The number of aryl methyl sites for hydroxylation is 1. The lowest BCUT2D eigenvalue weighted by Gasteiger charge is -2.20. The van der Waals surface area contributed by atoms with Crippen LogP contribution < -0.4 is 5.32 Å². The maximum Gasteiger partial charge on any atom is 0.0408 e. The van der Waals surface area contributed by atoms with E-state index in [-0.39, 0.29) is 0 Å². The number of nitrogens with zero attached hydrogens (tertiary/aromatic N) is 1. The van der Waals surface area contributed by atoms with Crippen LogP contribution in [0.2, 0.25) is 5.02 Å². The van der Waals surface area contributed by atoms with E-state index in [4.69, 9.17) is 11.6 Å². The average Bonchev–Trinajstić information content (AvgIpc) is 2.30. The second-order valence-corrected chi connectivity index (χ2v) is 5.61. The van der Waals surface area contributed by atoms with Crippen LogP contribution in [-0.4, -0.2) is 31.1 Å². The highest BCUT2D eigenvalue weighted by atomic mass is 35.5. The van der Waals surface area contributed by atoms with Crippen LogP contribution in [0.25, 0.3) is 0 Å². The Morgan fingerprint density at radius 2 is 2.06 bits per heavy atom. The van der Waals surface area contributed by atoms with Crippen LogP contribution in [-0.2, 0) is 6.54 Å². The molecule has 0 unspecified atom stereocenters. The molecule has 0 aliphatic rings. The summed E-state index contributed by atoms with van der Waals surface area (Å²) in [4.78, 5) is 2.37. The van der Waals surface area contributed by atoms with Gasteiger partial charge in [-0.15, -0.1) is 0 Å². The Morgan fingerprint density at radius 1 is 1.33 bits per heavy atom. The van der Waals surface area contributed by atoms with Gasteiger partial charge >= 0.3 is 0 Å². The first kappa shape index (κ1) is 15.5. The van der Waals surface area contributed by atoms with E-state index in [0.717, 1.165) is 24.7 Å². The molecule has 0 aliphatic heterocycles. The molecule has 1 aromatic rings. The standard InChI is InChI=1S/C15H25ClN2/c1-12(2)18(4)9-5-8-17-11-14-6-7-15(16)10-13(14)3/h6-7,10,12,17H,5,8-9,11H2,1-4H3. The summed E-state index contributed by atoms with van der Waals surface area (Å²) in [7, 11) is 2.17. The van der Waals surface area contributed by atoms with Crippen molar-refractivity contribution in [3.8, 4) is 0 Å². The third kappa shape index (κ3) is 5.38. The quantitative estimate of drug-likeness (QED) is 0.762. The van der Waals surface area contributed by atoms with E-state index in [1.165, 1.54) is 17.5 Å². The molecule has 0 spiro atoms. The van der Waals surface area contributed by atoms with Crippen molar-refractivity contribution in [2.75, 3.05) is 20.1 Å². The molecule has 0 amide bonds. The summed E-state index contributed by atoms with van der Waals surface area (Å²) in [6.07, 6.45) is 1.18. The van der Waals surface area contributed by atoms with Gasteiger partial charge in [0.15, 0.2) is 0 Å². The first-order valence-electron chi connectivity index (χ1n) is 6.66. The summed E-state index contributed by atoms with van der Waals surface area (Å²) in [6.45, 7) is 9.68. The third-order valence-corrected chi connectivity index (χ3v) is 3.60. The molecule has 1 aromatic carbocycles. The smallest absolute Gasteiger partial charge is 0.0408 e. The molecule has 0 bridgehead atoms. The zero-order valence-corrected chi connectivity index (χ0v) is 12.7. The fraction of sp³-hybridized carbons (Fsp3) is 0.600. The van der Waals surface area contributed by atoms with Gasteiger partial charge in [0.2, 0.25) is 0 Å². The molecule has 102 valence electrons. The van der Waals surface area contributed by atoms with Gasteiger partial charge in [-0.25, -0.2) is 0 Å². The van der Waals surface area contributed by atoms with Gasteiger partial charge in [-0.05, 0) is 70.6 Å². The van der Waals surface area contributed by atoms with Crippen LogP contribution in [0.1, 0.15) is 31.4 Å². The lowest BCUT2D eigenvalue weighted by molar-refractivity contribution is 0.269. The molecule has 1 rings (SSSR count). The lowest BCUT2D eigenvalue weighted by atomic mass is 10.1. The largest absolute Gasteiger partial charge is 0.313 e. The number of hydrogen-bond donors (Lipinski definition) is 1. The number of rotatable bonds is 7. The van der Waals surface area contributed by atoms with Gasteiger partial charge in [0.05, 0.1) is 0 Å². The Balaban J connectivity index is 2.22. The molecule has 1 N–H and O–H groups in total. The van der Waals surface area contributed by atoms with Crippen LogP contribution in [0.4, 0.5) is 0 Å². The molecule has 0 atom stereocenters. The Morgan fingerprint density at radius 3 is 2.67 bits per heavy atom. The second-order valence-electron chi connectivity index (χ2n) is 5.18. The van der Waals surface area contributed by atoms with Gasteiger partial charge in [0.25, 0.3) is 0 Å². The van der Waals surface area contributed by atoms with Gasteiger partial charge < -0.3 is 10.2 Å². The van der Waals surface area contributed by atoms with Gasteiger partial charge in [-0.2, -0.15) is 0 Å². The second kappa shape index (κ2) is 7.78. The number of nitrogens with one attached hydrogen (secondary N) is 1. The lowest BCUT2D eigenvalue weighted by Crippen LogP contribution is -2.29. The molecule has 2 nitrogen and oxygen atoms in total. The molecule has 0 saturated carbocycles. The summed E-state index contributed by atoms with van der Waals surface area (Å²) in [6, 6.07) is 6.71. The molecule has 0 saturated heterocycles. The highest BCUT2D eigenvalue weighted by Gasteiger charge is 2.02. The van der Waals surface area contributed by atoms with E-state index >= 15 is 0 Å². The maximum absolute atomic E-state index is 5.94. The van der Waals surface area contributed by atoms with Crippen molar-refractivity contribution in [1.29, 1.82) is 0 Å². The maximum atomic E-state index is 5.94. The van der Waals surface area contributed by atoms with Crippen molar-refractivity contribution in [1.82, 2.24) is 10.2 Å². The monoisotopic (exact) mass is 268 g/mol. The minimum Gasteiger partial charge on any atom is -0.313 e. The van der Waals surface area contributed by atoms with Crippen LogP contribution in [0.3, 0.4) is 0 Å². The Labute approximate surface area is 116 Å². The molecule has 0 fully saturated rings. The van der Waals surface area contributed by atoms with E-state index < -0.39 is 0 Å². The van der Waals surface area contributed by atoms with E-state index in [0.29, 0.717) is 6.04 Å². The summed E-state index contributed by atoms with van der Waals surface area (Å²) in [5, 5.41) is 4.30. The first-order chi connectivity index (χ1) is 8.50. The SMILES string of the molecule is Cc1cc(Cl)ccc1CNCCCN(C)C(C)C. The first-order valence-corrected chi connectivity index (χ1v) is 7.04. The zero-order chi connectivity index (χ0) is 13.5. The van der Waals surface area contributed by atoms with Crippen LogP contribution in [0.5, 0.6) is 0 Å². The van der Waals surface area contributed by atoms with Crippen molar-refractivity contribution in [3.05, 3.63) is 34.3 Å². The summed E-state index contributed by atoms with van der Waals surface area (Å²) in [5.74, 6) is 0. The van der Waals surface area contributed by atoms with Gasteiger partial charge in [-0.1, -0.05) is 17.7 Å². The van der Waals surface area contributed by atoms with Crippen LogP contribution >= 0.6 is 11.6 Å². The fourth-order valence-electron chi connectivity index (χ4n) is 1.79. The molecule has 0 aromatic heterocycles. The topological polar surface area (TPSA) is 15.3 Å². The normalized spacial score (nSPS) is 11.5. The van der Waals surface area contributed by atoms with Crippen molar-refractivity contribution in [2.45, 2.75) is 39.8 Å². The predicted molar refractivity (Wildman–Crippen MR) is 80.3 cm³/mol. The van der Waals surface area contributed by atoms with Crippen molar-refractivity contribution >= 4 is 11.6 Å². The molecule has 0 aliphatic carbocycles. The van der Waals surface area contributed by atoms with E-state index in [9.17, 15) is 0 Å². The number of halogens is 1. The van der Waals surface area contributed by atoms with Crippen molar-refractivity contribution in [2.24, 2.45) is 0 Å². The molecular weight excluding hydrogens is 244 g/mol. The Bertz CT molecular complexity index is 364. The Kier molecular flexibility index (Phi) is 6.69. The highest BCUT2D eigenvalue weighted by Crippen LogP contribution is 2.14. The minimum absolute atomic E-state index is 0.628. The third-order valence-electron chi connectivity index (χ3n) is 3.37. The van der Waals surface area contributed by atoms with Gasteiger partial charge in [0, 0.05) is 17.6 Å². The molecule has 0 heterocycles. The fourth-order valence-corrected chi connectivity index (χ4v) is 2.02. The van der Waals surface area contributed by atoms with E-state index in [1.54, 1.807) is 0 Å². The minimum atomic E-state index is 0.628. The van der Waals surface area contributed by atoms with Crippen LogP contribution in [0, 0.1) is 6.92 Å². The molecular formula is C15H25ClN2. The van der Waals surface area contributed by atoms with Gasteiger partial charge in [0.1, 0.15) is 0 Å². The van der Waals surface area contributed by atoms with E-state index in [1.807, 2.05) is 12.1 Å². The summed E-state index contributed by atoms with van der Waals surface area (Å²) >= 11 is 5.94.